The van der Waals surface area contributed by atoms with Gasteiger partial charge in [0.05, 0.1) is 0 Å². The van der Waals surface area contributed by atoms with Gasteiger partial charge in [0.2, 0.25) is 5.91 Å². The Morgan fingerprint density at radius 1 is 1.40 bits per heavy atom. The number of carbonyl (C=O) groups is 1. The van der Waals surface area contributed by atoms with Crippen LogP contribution in [0.4, 0.5) is 0 Å². The van der Waals surface area contributed by atoms with E-state index in [0.717, 1.165) is 5.57 Å². The van der Waals surface area contributed by atoms with Crippen LogP contribution in [0.3, 0.4) is 0 Å². The number of unbranched alkanes of at least 4 members (excludes halogenated alkanes) is 1. The molecule has 0 heterocycles. The maximum absolute atomic E-state index is 10.8. The zero-order valence-corrected chi connectivity index (χ0v) is 10.3. The van der Waals surface area contributed by atoms with Crippen molar-refractivity contribution in [2.75, 3.05) is 0 Å². The van der Waals surface area contributed by atoms with Gasteiger partial charge in [0.25, 0.3) is 0 Å². The van der Waals surface area contributed by atoms with E-state index in [4.69, 9.17) is 5.73 Å². The molecule has 0 aromatic rings. The second-order valence-electron chi connectivity index (χ2n) is 4.22. The normalized spacial score (nSPS) is 15.2. The Hall–Kier alpha value is -1.05. The standard InChI is InChI=1S/C13H23NO/c1-5-6-7-10(2)8-11(3)9-12(4)13(14)15/h8-10H,5-7H2,1-4H3,(H2,14,15). The summed E-state index contributed by atoms with van der Waals surface area (Å²) in [5, 5.41) is 0. The van der Waals surface area contributed by atoms with Gasteiger partial charge in [0.1, 0.15) is 0 Å². The average molecular weight is 209 g/mol. The molecule has 0 aliphatic carbocycles. The molecule has 1 atom stereocenters. The lowest BCUT2D eigenvalue weighted by Gasteiger charge is -2.05. The van der Waals surface area contributed by atoms with Crippen molar-refractivity contribution >= 4 is 5.91 Å². The molecular formula is C13H23NO. The topological polar surface area (TPSA) is 43.1 Å². The van der Waals surface area contributed by atoms with E-state index in [-0.39, 0.29) is 5.91 Å². The van der Waals surface area contributed by atoms with Crippen LogP contribution in [0.25, 0.3) is 0 Å². The number of nitrogens with two attached hydrogens (primary N) is 1. The van der Waals surface area contributed by atoms with Crippen LogP contribution in [0.5, 0.6) is 0 Å². The maximum Gasteiger partial charge on any atom is 0.244 e. The van der Waals surface area contributed by atoms with Gasteiger partial charge in [-0.15, -0.1) is 0 Å². The van der Waals surface area contributed by atoms with E-state index < -0.39 is 0 Å². The average Bonchev–Trinajstić information content (AvgIpc) is 2.14. The predicted octanol–water partition coefficient (Wildman–Crippen LogP) is 3.19. The number of amides is 1. The predicted molar refractivity (Wildman–Crippen MR) is 65.4 cm³/mol. The highest BCUT2D eigenvalue weighted by atomic mass is 16.1. The minimum Gasteiger partial charge on any atom is -0.366 e. The van der Waals surface area contributed by atoms with Crippen LogP contribution in [0.1, 0.15) is 47.0 Å². The highest BCUT2D eigenvalue weighted by Crippen LogP contribution is 2.12. The van der Waals surface area contributed by atoms with Crippen molar-refractivity contribution in [1.82, 2.24) is 0 Å². The van der Waals surface area contributed by atoms with E-state index in [9.17, 15) is 4.79 Å². The van der Waals surface area contributed by atoms with Gasteiger partial charge in [-0.1, -0.05) is 44.4 Å². The monoisotopic (exact) mass is 209 g/mol. The molecule has 0 aromatic carbocycles. The molecule has 2 heteroatoms. The molecule has 86 valence electrons. The first-order chi connectivity index (χ1) is 6.97. The summed E-state index contributed by atoms with van der Waals surface area (Å²) in [7, 11) is 0. The molecule has 0 aliphatic heterocycles. The molecular weight excluding hydrogens is 186 g/mol. The summed E-state index contributed by atoms with van der Waals surface area (Å²) in [6.07, 6.45) is 7.74. The van der Waals surface area contributed by atoms with Crippen LogP contribution >= 0.6 is 0 Å². The minimum atomic E-state index is -0.344. The Labute approximate surface area is 93.2 Å². The Morgan fingerprint density at radius 2 is 2.00 bits per heavy atom. The van der Waals surface area contributed by atoms with Crippen LogP contribution in [0, 0.1) is 5.92 Å². The molecule has 1 unspecified atom stereocenters. The molecule has 2 N–H and O–H groups in total. The maximum atomic E-state index is 10.8. The third-order valence-corrected chi connectivity index (χ3v) is 2.39. The lowest BCUT2D eigenvalue weighted by Crippen LogP contribution is -2.11. The molecule has 15 heavy (non-hydrogen) atoms. The molecule has 0 rings (SSSR count). The second-order valence-corrected chi connectivity index (χ2v) is 4.22. The first kappa shape index (κ1) is 13.9. The lowest BCUT2D eigenvalue weighted by molar-refractivity contribution is -0.114. The summed E-state index contributed by atoms with van der Waals surface area (Å²) in [6, 6.07) is 0. The van der Waals surface area contributed by atoms with Gasteiger partial charge in [-0.2, -0.15) is 0 Å². The van der Waals surface area contributed by atoms with Gasteiger partial charge in [-0.25, -0.2) is 0 Å². The van der Waals surface area contributed by atoms with Crippen LogP contribution in [0.2, 0.25) is 0 Å². The number of carbonyl (C=O) groups excluding carboxylic acids is 1. The summed E-state index contributed by atoms with van der Waals surface area (Å²) in [5.41, 5.74) is 6.90. The highest BCUT2D eigenvalue weighted by molar-refractivity contribution is 5.91. The zero-order chi connectivity index (χ0) is 11.8. The summed E-state index contributed by atoms with van der Waals surface area (Å²) < 4.78 is 0. The minimum absolute atomic E-state index is 0.344. The molecule has 2 nitrogen and oxygen atoms in total. The fourth-order valence-electron chi connectivity index (χ4n) is 1.52. The van der Waals surface area contributed by atoms with Gasteiger partial charge in [-0.05, 0) is 26.2 Å². The Kier molecular flexibility index (Phi) is 6.76. The summed E-state index contributed by atoms with van der Waals surface area (Å²) in [5.74, 6) is 0.228. The lowest BCUT2D eigenvalue weighted by atomic mass is 10.0. The van der Waals surface area contributed by atoms with Gasteiger partial charge in [0, 0.05) is 5.57 Å². The smallest absolute Gasteiger partial charge is 0.244 e. The van der Waals surface area contributed by atoms with Gasteiger partial charge in [-0.3, -0.25) is 4.79 Å². The number of allylic oxidation sites excluding steroid dienone is 3. The van der Waals surface area contributed by atoms with E-state index in [1.807, 2.05) is 13.0 Å². The summed E-state index contributed by atoms with van der Waals surface area (Å²) in [6.45, 7) is 8.15. The van der Waals surface area contributed by atoms with Crippen LogP contribution < -0.4 is 5.73 Å². The van der Waals surface area contributed by atoms with E-state index >= 15 is 0 Å². The van der Waals surface area contributed by atoms with Gasteiger partial charge >= 0.3 is 0 Å². The highest BCUT2D eigenvalue weighted by Gasteiger charge is 1.99. The Morgan fingerprint density at radius 3 is 2.47 bits per heavy atom. The van der Waals surface area contributed by atoms with E-state index in [2.05, 4.69) is 19.9 Å². The number of primary amides is 1. The van der Waals surface area contributed by atoms with Crippen molar-refractivity contribution in [3.63, 3.8) is 0 Å². The van der Waals surface area contributed by atoms with E-state index in [0.29, 0.717) is 11.5 Å². The van der Waals surface area contributed by atoms with Crippen molar-refractivity contribution in [1.29, 1.82) is 0 Å². The number of hydrogen-bond donors (Lipinski definition) is 1. The third kappa shape index (κ3) is 6.95. The van der Waals surface area contributed by atoms with Crippen molar-refractivity contribution in [3.8, 4) is 0 Å². The Bertz CT molecular complexity index is 264. The molecule has 0 radical (unpaired) electrons. The van der Waals surface area contributed by atoms with Crippen LogP contribution in [0.15, 0.2) is 23.3 Å². The summed E-state index contributed by atoms with van der Waals surface area (Å²) in [4.78, 5) is 10.8. The molecule has 0 spiro atoms. The summed E-state index contributed by atoms with van der Waals surface area (Å²) >= 11 is 0. The fraction of sp³-hybridized carbons (Fsp3) is 0.615. The van der Waals surface area contributed by atoms with Gasteiger partial charge in [0.15, 0.2) is 0 Å². The van der Waals surface area contributed by atoms with Crippen molar-refractivity contribution < 1.29 is 4.79 Å². The largest absolute Gasteiger partial charge is 0.366 e. The van der Waals surface area contributed by atoms with Crippen molar-refractivity contribution in [2.24, 2.45) is 11.7 Å². The molecule has 0 bridgehead atoms. The van der Waals surface area contributed by atoms with Gasteiger partial charge < -0.3 is 5.73 Å². The Balaban J connectivity index is 4.30. The second kappa shape index (κ2) is 7.27. The zero-order valence-electron chi connectivity index (χ0n) is 10.3. The van der Waals surface area contributed by atoms with Crippen molar-refractivity contribution in [3.05, 3.63) is 23.3 Å². The molecule has 0 saturated heterocycles. The molecule has 0 saturated carbocycles. The molecule has 0 aromatic heterocycles. The van der Waals surface area contributed by atoms with Crippen LogP contribution in [-0.2, 0) is 4.79 Å². The first-order valence-electron chi connectivity index (χ1n) is 5.63. The molecule has 0 aliphatic rings. The quantitative estimate of drug-likeness (QED) is 0.530. The van der Waals surface area contributed by atoms with Crippen LogP contribution in [-0.4, -0.2) is 5.91 Å². The molecule has 0 fully saturated rings. The molecule has 1 amide bonds. The van der Waals surface area contributed by atoms with Crippen molar-refractivity contribution in [2.45, 2.75) is 47.0 Å². The number of hydrogen-bond acceptors (Lipinski definition) is 1. The third-order valence-electron chi connectivity index (χ3n) is 2.39. The fourth-order valence-corrected chi connectivity index (χ4v) is 1.52. The first-order valence-corrected chi connectivity index (χ1v) is 5.63. The number of rotatable bonds is 6. The van der Waals surface area contributed by atoms with E-state index in [1.54, 1.807) is 6.92 Å². The SMILES string of the molecule is CCCCC(C)C=C(C)C=C(C)C(N)=O. The van der Waals surface area contributed by atoms with E-state index in [1.165, 1.54) is 19.3 Å².